The number of carbonyl (C=O) groups is 1. The van der Waals surface area contributed by atoms with E-state index in [2.05, 4.69) is 13.5 Å². The molecule has 0 fully saturated rings. The molecule has 0 spiro atoms. The third kappa shape index (κ3) is 13.2. The largest absolute Gasteiger partial charge is 0.508 e. The van der Waals surface area contributed by atoms with Crippen molar-refractivity contribution >= 4 is 5.97 Å². The molecule has 0 bridgehead atoms. The summed E-state index contributed by atoms with van der Waals surface area (Å²) in [7, 11) is 0. The number of rotatable bonds is 9. The number of aromatic hydroxyl groups is 1. The molecule has 1 aromatic carbocycles. The minimum absolute atomic E-state index is 0.263. The predicted molar refractivity (Wildman–Crippen MR) is 91.9 cm³/mol. The minimum atomic E-state index is -0.263. The van der Waals surface area contributed by atoms with Crippen molar-refractivity contribution in [1.82, 2.24) is 0 Å². The van der Waals surface area contributed by atoms with Crippen LogP contribution < -0.4 is 0 Å². The van der Waals surface area contributed by atoms with E-state index in [4.69, 9.17) is 9.84 Å². The summed E-state index contributed by atoms with van der Waals surface area (Å²) < 4.78 is 4.99. The summed E-state index contributed by atoms with van der Waals surface area (Å²) in [5, 5.41) is 8.63. The van der Waals surface area contributed by atoms with Gasteiger partial charge in [0.15, 0.2) is 0 Å². The van der Waals surface area contributed by atoms with Crippen molar-refractivity contribution in [2.45, 2.75) is 58.8 Å². The zero-order valence-corrected chi connectivity index (χ0v) is 14.0. The molecule has 3 heteroatoms. The lowest BCUT2D eigenvalue weighted by atomic mass is 10.1. The van der Waals surface area contributed by atoms with Gasteiger partial charge in [-0.05, 0) is 25.5 Å². The van der Waals surface area contributed by atoms with Gasteiger partial charge in [0, 0.05) is 5.57 Å². The number of para-hydroxylation sites is 1. The number of phenols is 1. The average Bonchev–Trinajstić information content (AvgIpc) is 2.51. The van der Waals surface area contributed by atoms with Crippen molar-refractivity contribution in [1.29, 1.82) is 0 Å². The highest BCUT2D eigenvalue weighted by Gasteiger charge is 2.01. The van der Waals surface area contributed by atoms with E-state index in [1.807, 2.05) is 6.07 Å². The van der Waals surface area contributed by atoms with Crippen molar-refractivity contribution in [3.8, 4) is 5.75 Å². The maximum Gasteiger partial charge on any atom is 0.333 e. The highest BCUT2D eigenvalue weighted by Crippen LogP contribution is 2.07. The Hall–Kier alpha value is -1.77. The summed E-state index contributed by atoms with van der Waals surface area (Å²) in [5.74, 6) is 0.0588. The van der Waals surface area contributed by atoms with Crippen LogP contribution >= 0.6 is 0 Å². The first-order valence-electron chi connectivity index (χ1n) is 8.14. The second-order valence-corrected chi connectivity index (χ2v) is 5.37. The van der Waals surface area contributed by atoms with Gasteiger partial charge >= 0.3 is 5.97 Å². The van der Waals surface area contributed by atoms with Crippen LogP contribution in [-0.4, -0.2) is 17.7 Å². The lowest BCUT2D eigenvalue weighted by Gasteiger charge is -2.04. The lowest BCUT2D eigenvalue weighted by Crippen LogP contribution is -2.05. The minimum Gasteiger partial charge on any atom is -0.508 e. The monoisotopic (exact) mass is 306 g/mol. The molecule has 1 rings (SSSR count). The molecule has 0 saturated heterocycles. The van der Waals surface area contributed by atoms with Gasteiger partial charge in [0.25, 0.3) is 0 Å². The Morgan fingerprint density at radius 2 is 1.59 bits per heavy atom. The van der Waals surface area contributed by atoms with Crippen LogP contribution in [-0.2, 0) is 9.53 Å². The van der Waals surface area contributed by atoms with Crippen molar-refractivity contribution in [2.24, 2.45) is 0 Å². The van der Waals surface area contributed by atoms with Gasteiger partial charge in [-0.2, -0.15) is 0 Å². The molecule has 0 aromatic heterocycles. The van der Waals surface area contributed by atoms with Gasteiger partial charge < -0.3 is 9.84 Å². The van der Waals surface area contributed by atoms with E-state index >= 15 is 0 Å². The molecule has 0 heterocycles. The molecule has 0 saturated carbocycles. The fourth-order valence-electron chi connectivity index (χ4n) is 1.78. The van der Waals surface area contributed by atoms with Crippen molar-refractivity contribution in [2.75, 3.05) is 6.61 Å². The number of hydrogen-bond donors (Lipinski definition) is 1. The maximum atomic E-state index is 11.0. The van der Waals surface area contributed by atoms with E-state index in [1.54, 1.807) is 31.2 Å². The summed E-state index contributed by atoms with van der Waals surface area (Å²) >= 11 is 0. The molecule has 0 amide bonds. The highest BCUT2D eigenvalue weighted by atomic mass is 16.5. The van der Waals surface area contributed by atoms with Crippen LogP contribution in [0, 0.1) is 0 Å². The van der Waals surface area contributed by atoms with E-state index in [-0.39, 0.29) is 5.97 Å². The number of ether oxygens (including phenoxy) is 1. The van der Waals surface area contributed by atoms with Crippen LogP contribution in [0.3, 0.4) is 0 Å². The van der Waals surface area contributed by atoms with E-state index in [0.717, 1.165) is 12.8 Å². The number of phenolic OH excluding ortho intramolecular Hbond substituents is 1. The fraction of sp³-hybridized carbons (Fsp3) is 0.526. The third-order valence-electron chi connectivity index (χ3n) is 3.09. The van der Waals surface area contributed by atoms with Crippen molar-refractivity contribution in [3.05, 3.63) is 42.5 Å². The quantitative estimate of drug-likeness (QED) is 0.385. The first-order valence-corrected chi connectivity index (χ1v) is 8.14. The molecular formula is C19H30O3. The van der Waals surface area contributed by atoms with E-state index < -0.39 is 0 Å². The van der Waals surface area contributed by atoms with Crippen LogP contribution in [0.5, 0.6) is 5.75 Å². The van der Waals surface area contributed by atoms with Gasteiger partial charge in [0.2, 0.25) is 0 Å². The molecule has 0 radical (unpaired) electrons. The standard InChI is InChI=1S/C13H24O2.C6H6O/c1-4-5-6-7-8-9-10-11-15-13(14)12(2)3;7-6-4-2-1-3-5-6/h2,4-11H2,1,3H3;1-5,7H. The molecule has 1 N–H and O–H groups in total. The lowest BCUT2D eigenvalue weighted by molar-refractivity contribution is -0.139. The van der Waals surface area contributed by atoms with E-state index in [0.29, 0.717) is 17.9 Å². The smallest absolute Gasteiger partial charge is 0.333 e. The third-order valence-corrected chi connectivity index (χ3v) is 3.09. The van der Waals surface area contributed by atoms with Crippen LogP contribution in [0.25, 0.3) is 0 Å². The second-order valence-electron chi connectivity index (χ2n) is 5.37. The Kier molecular flexibility index (Phi) is 13.0. The Labute approximate surface area is 135 Å². The number of benzene rings is 1. The van der Waals surface area contributed by atoms with Crippen LogP contribution in [0.15, 0.2) is 42.5 Å². The number of esters is 1. The van der Waals surface area contributed by atoms with Crippen molar-refractivity contribution < 1.29 is 14.6 Å². The maximum absolute atomic E-state index is 11.0. The Balaban J connectivity index is 0.000000518. The molecule has 0 aliphatic rings. The number of hydrogen-bond acceptors (Lipinski definition) is 3. The van der Waals surface area contributed by atoms with Crippen LogP contribution in [0.2, 0.25) is 0 Å². The normalized spacial score (nSPS) is 9.55. The number of carbonyl (C=O) groups excluding carboxylic acids is 1. The molecule has 0 aliphatic heterocycles. The Morgan fingerprint density at radius 1 is 1.05 bits per heavy atom. The molecule has 1 aromatic rings. The summed E-state index contributed by atoms with van der Waals surface area (Å²) in [6.07, 6.45) is 8.66. The van der Waals surface area contributed by atoms with Gasteiger partial charge in [-0.1, -0.05) is 70.2 Å². The topological polar surface area (TPSA) is 46.5 Å². The molecule has 124 valence electrons. The number of unbranched alkanes of at least 4 members (excludes halogenated alkanes) is 6. The zero-order chi connectivity index (χ0) is 16.6. The molecule has 3 nitrogen and oxygen atoms in total. The van der Waals surface area contributed by atoms with Gasteiger partial charge in [-0.25, -0.2) is 4.79 Å². The molecule has 22 heavy (non-hydrogen) atoms. The first-order chi connectivity index (χ1) is 10.6. The summed E-state index contributed by atoms with van der Waals surface area (Å²) in [5.41, 5.74) is 0.484. The summed E-state index contributed by atoms with van der Waals surface area (Å²) in [6, 6.07) is 8.71. The zero-order valence-electron chi connectivity index (χ0n) is 14.0. The highest BCUT2D eigenvalue weighted by molar-refractivity contribution is 5.86. The molecule has 0 atom stereocenters. The average molecular weight is 306 g/mol. The van der Waals surface area contributed by atoms with Gasteiger partial charge in [0.1, 0.15) is 5.75 Å². The summed E-state index contributed by atoms with van der Waals surface area (Å²) in [4.78, 5) is 11.0. The van der Waals surface area contributed by atoms with E-state index in [1.165, 1.54) is 32.1 Å². The Bertz CT molecular complexity index is 398. The van der Waals surface area contributed by atoms with E-state index in [9.17, 15) is 4.79 Å². The molecule has 0 aliphatic carbocycles. The van der Waals surface area contributed by atoms with Crippen LogP contribution in [0.4, 0.5) is 0 Å². The van der Waals surface area contributed by atoms with Gasteiger partial charge in [-0.15, -0.1) is 0 Å². The second kappa shape index (κ2) is 14.2. The molecular weight excluding hydrogens is 276 g/mol. The first kappa shape index (κ1) is 20.2. The fourth-order valence-corrected chi connectivity index (χ4v) is 1.78. The molecule has 0 unspecified atom stereocenters. The van der Waals surface area contributed by atoms with Gasteiger partial charge in [0.05, 0.1) is 6.61 Å². The predicted octanol–water partition coefficient (Wildman–Crippen LogP) is 5.25. The Morgan fingerprint density at radius 3 is 2.05 bits per heavy atom. The van der Waals surface area contributed by atoms with Gasteiger partial charge in [-0.3, -0.25) is 0 Å². The summed E-state index contributed by atoms with van der Waals surface area (Å²) in [6.45, 7) is 7.96. The van der Waals surface area contributed by atoms with Crippen LogP contribution in [0.1, 0.15) is 58.8 Å². The van der Waals surface area contributed by atoms with Crippen molar-refractivity contribution in [3.63, 3.8) is 0 Å². The SMILES string of the molecule is C=C(C)C(=O)OCCCCCCCCC.Oc1ccccc1.